The highest BCUT2D eigenvalue weighted by Crippen LogP contribution is 2.43. The summed E-state index contributed by atoms with van der Waals surface area (Å²) < 4.78 is 20.6. The molecular formula is C27H31FN6O3. The van der Waals surface area contributed by atoms with Gasteiger partial charge in [-0.15, -0.1) is 0 Å². The van der Waals surface area contributed by atoms with E-state index in [1.807, 2.05) is 6.07 Å². The second-order valence-corrected chi connectivity index (χ2v) is 10.6. The van der Waals surface area contributed by atoms with Crippen LogP contribution in [0.5, 0.6) is 0 Å². The van der Waals surface area contributed by atoms with E-state index in [4.69, 9.17) is 10.1 Å². The second kappa shape index (κ2) is 10.6. The Morgan fingerprint density at radius 1 is 1.32 bits per heavy atom. The lowest BCUT2D eigenvalue weighted by Crippen LogP contribution is -2.55. The maximum absolute atomic E-state index is 15.0. The van der Waals surface area contributed by atoms with E-state index in [2.05, 4.69) is 15.3 Å². The Kier molecular flexibility index (Phi) is 7.52. The number of benzene rings is 1. The van der Waals surface area contributed by atoms with Crippen molar-refractivity contribution in [1.29, 1.82) is 10.7 Å². The van der Waals surface area contributed by atoms with E-state index >= 15 is 4.39 Å². The molecule has 2 N–H and O–H groups in total. The molecule has 9 nitrogen and oxygen atoms in total. The molecule has 10 heteroatoms. The fourth-order valence-corrected chi connectivity index (χ4v) is 5.22. The predicted molar refractivity (Wildman–Crippen MR) is 133 cm³/mol. The molecule has 0 radical (unpaired) electrons. The molecule has 2 aromatic rings. The van der Waals surface area contributed by atoms with Crippen LogP contribution in [-0.2, 0) is 16.0 Å². The number of carbonyl (C=O) groups is 2. The van der Waals surface area contributed by atoms with Crippen LogP contribution in [0, 0.1) is 28.5 Å². The fraction of sp³-hybridized carbons (Fsp3) is 0.481. The van der Waals surface area contributed by atoms with Gasteiger partial charge in [0.1, 0.15) is 29.3 Å². The Balaban J connectivity index is 1.46. The van der Waals surface area contributed by atoms with Crippen molar-refractivity contribution in [2.24, 2.45) is 5.92 Å². The van der Waals surface area contributed by atoms with Crippen molar-refractivity contribution in [3.63, 3.8) is 0 Å². The smallest absolute Gasteiger partial charge is 0.411 e. The van der Waals surface area contributed by atoms with Crippen LogP contribution in [0.2, 0.25) is 0 Å². The van der Waals surface area contributed by atoms with Crippen LogP contribution in [0.3, 0.4) is 0 Å². The first kappa shape index (κ1) is 26.2. The van der Waals surface area contributed by atoms with Crippen molar-refractivity contribution in [1.82, 2.24) is 20.2 Å². The maximum atomic E-state index is 15.0. The third-order valence-corrected chi connectivity index (χ3v) is 6.82. The Morgan fingerprint density at radius 2 is 2.05 bits per heavy atom. The number of aromatic nitrogens is 2. The molecule has 2 bridgehead atoms. The molecule has 4 rings (SSSR count). The van der Waals surface area contributed by atoms with Gasteiger partial charge in [-0.1, -0.05) is 12.1 Å². The molecule has 5 unspecified atom stereocenters. The van der Waals surface area contributed by atoms with Crippen molar-refractivity contribution in [3.05, 3.63) is 59.4 Å². The average Bonchev–Trinajstić information content (AvgIpc) is 3.47. The Bertz CT molecular complexity index is 1210. The molecular weight excluding hydrogens is 475 g/mol. The topological polar surface area (TPSA) is 132 Å². The number of rotatable bonds is 7. The second-order valence-electron chi connectivity index (χ2n) is 10.6. The summed E-state index contributed by atoms with van der Waals surface area (Å²) in [7, 11) is 0. The third-order valence-electron chi connectivity index (χ3n) is 6.82. The van der Waals surface area contributed by atoms with Crippen LogP contribution in [0.4, 0.5) is 9.18 Å². The summed E-state index contributed by atoms with van der Waals surface area (Å²) in [5.41, 5.74) is 0.0718. The van der Waals surface area contributed by atoms with Gasteiger partial charge in [0.25, 0.3) is 0 Å². The quantitative estimate of drug-likeness (QED) is 0.550. The normalized spacial score (nSPS) is 22.1. The fourth-order valence-electron chi connectivity index (χ4n) is 5.22. The lowest BCUT2D eigenvalue weighted by atomic mass is 9.95. The Morgan fingerprint density at radius 3 is 2.68 bits per heavy atom. The number of nitriles is 1. The summed E-state index contributed by atoms with van der Waals surface area (Å²) in [6, 6.07) is 6.47. The van der Waals surface area contributed by atoms with Gasteiger partial charge in [-0.05, 0) is 69.2 Å². The first-order chi connectivity index (χ1) is 17.6. The molecule has 1 aliphatic heterocycles. The first-order valence-electron chi connectivity index (χ1n) is 12.4. The number of ether oxygens (including phenoxy) is 1. The molecule has 2 fully saturated rings. The minimum absolute atomic E-state index is 0.00569. The van der Waals surface area contributed by atoms with Crippen molar-refractivity contribution < 1.29 is 18.7 Å². The van der Waals surface area contributed by atoms with Crippen LogP contribution in [0.1, 0.15) is 62.9 Å². The Labute approximate surface area is 215 Å². The number of carbonyl (C=O) groups excluding carboxylic acids is 2. The third kappa shape index (κ3) is 5.77. The van der Waals surface area contributed by atoms with Gasteiger partial charge in [0.15, 0.2) is 0 Å². The molecule has 5 atom stereocenters. The number of fused-ring (bicyclic) bond motifs is 2. The van der Waals surface area contributed by atoms with Gasteiger partial charge >= 0.3 is 6.09 Å². The Hall–Kier alpha value is -3.87. The summed E-state index contributed by atoms with van der Waals surface area (Å²) in [5.74, 6) is -1.19. The van der Waals surface area contributed by atoms with Crippen molar-refractivity contribution in [2.75, 3.05) is 0 Å². The van der Waals surface area contributed by atoms with E-state index in [1.54, 1.807) is 51.4 Å². The predicted octanol–water partition coefficient (Wildman–Crippen LogP) is 3.74. The zero-order valence-corrected chi connectivity index (χ0v) is 21.1. The molecule has 1 aromatic carbocycles. The minimum Gasteiger partial charge on any atom is -0.444 e. The summed E-state index contributed by atoms with van der Waals surface area (Å²) in [6.07, 6.45) is 6.06. The molecule has 2 aliphatic rings. The van der Waals surface area contributed by atoms with Gasteiger partial charge in [-0.25, -0.2) is 19.2 Å². The zero-order valence-electron chi connectivity index (χ0n) is 21.1. The first-order valence-corrected chi connectivity index (χ1v) is 12.4. The SMILES string of the molecule is CC(C)(C)OC(=O)N1C2CCC(C2)C1C(=O)NC(C#N)Cc1ccc(C(C=N)c2ncccn2)cc1F. The minimum atomic E-state index is -0.983. The van der Waals surface area contributed by atoms with Gasteiger partial charge in [-0.2, -0.15) is 5.26 Å². The van der Waals surface area contributed by atoms with Crippen molar-refractivity contribution in [3.8, 4) is 6.07 Å². The number of nitrogens with one attached hydrogen (secondary N) is 2. The van der Waals surface area contributed by atoms with Crippen LogP contribution in [0.25, 0.3) is 0 Å². The number of piperidine rings is 1. The number of halogens is 1. The van der Waals surface area contributed by atoms with E-state index < -0.39 is 41.4 Å². The van der Waals surface area contributed by atoms with Gasteiger partial charge < -0.3 is 15.5 Å². The number of hydrogen-bond donors (Lipinski definition) is 2. The van der Waals surface area contributed by atoms with E-state index in [9.17, 15) is 14.9 Å². The van der Waals surface area contributed by atoms with Gasteiger partial charge in [0.05, 0.1) is 12.0 Å². The van der Waals surface area contributed by atoms with Crippen LogP contribution < -0.4 is 5.32 Å². The largest absolute Gasteiger partial charge is 0.444 e. The molecule has 37 heavy (non-hydrogen) atoms. The van der Waals surface area contributed by atoms with Gasteiger partial charge in [0.2, 0.25) is 5.91 Å². The zero-order chi connectivity index (χ0) is 26.7. The number of nitrogens with zero attached hydrogens (tertiary/aromatic N) is 4. The standard InChI is InChI=1S/C27H31FN6O3/c1-27(2,3)37-26(36)34-20-8-7-18(12-20)23(34)25(35)33-19(14-29)11-17-6-5-16(13-22(17)28)21(15-30)24-31-9-4-10-32-24/h4-6,9-10,13,15,18-21,23,30H,7-8,11-12H2,1-3H3,(H,33,35). The molecule has 194 valence electrons. The molecule has 0 spiro atoms. The van der Waals surface area contributed by atoms with Crippen LogP contribution in [-0.4, -0.2) is 56.8 Å². The lowest BCUT2D eigenvalue weighted by molar-refractivity contribution is -0.128. The van der Waals surface area contributed by atoms with Gasteiger partial charge in [-0.3, -0.25) is 9.69 Å². The van der Waals surface area contributed by atoms with Crippen LogP contribution >= 0.6 is 0 Å². The van der Waals surface area contributed by atoms with E-state index in [1.165, 1.54) is 11.0 Å². The van der Waals surface area contributed by atoms with E-state index in [0.717, 1.165) is 25.5 Å². The highest BCUT2D eigenvalue weighted by atomic mass is 19.1. The molecule has 2 heterocycles. The number of likely N-dealkylation sites (tertiary alicyclic amines) is 1. The highest BCUT2D eigenvalue weighted by Gasteiger charge is 2.52. The van der Waals surface area contributed by atoms with E-state index in [-0.39, 0.29) is 23.9 Å². The van der Waals surface area contributed by atoms with Gasteiger partial charge in [0, 0.05) is 31.1 Å². The average molecular weight is 507 g/mol. The summed E-state index contributed by atoms with van der Waals surface area (Å²) >= 11 is 0. The number of hydrogen-bond acceptors (Lipinski definition) is 7. The maximum Gasteiger partial charge on any atom is 0.411 e. The monoisotopic (exact) mass is 506 g/mol. The molecule has 1 aliphatic carbocycles. The van der Waals surface area contributed by atoms with Crippen molar-refractivity contribution >= 4 is 18.2 Å². The lowest BCUT2D eigenvalue weighted by Gasteiger charge is -2.35. The molecule has 1 aromatic heterocycles. The van der Waals surface area contributed by atoms with E-state index in [0.29, 0.717) is 11.4 Å². The van der Waals surface area contributed by atoms with Crippen molar-refractivity contribution in [2.45, 2.75) is 76.1 Å². The summed E-state index contributed by atoms with van der Waals surface area (Å²) in [4.78, 5) is 35.9. The summed E-state index contributed by atoms with van der Waals surface area (Å²) in [6.45, 7) is 5.32. The van der Waals surface area contributed by atoms with Crippen LogP contribution in [0.15, 0.2) is 36.7 Å². The molecule has 1 saturated carbocycles. The molecule has 2 amide bonds. The highest BCUT2D eigenvalue weighted by molar-refractivity contribution is 5.87. The molecule has 1 saturated heterocycles. The summed E-state index contributed by atoms with van der Waals surface area (Å²) in [5, 5.41) is 20.2. The number of amides is 2.